The Balaban J connectivity index is 1.77. The number of nitrogens with one attached hydrogen (secondary N) is 2. The lowest BCUT2D eigenvalue weighted by molar-refractivity contribution is -0.117. The third kappa shape index (κ3) is 5.03. The zero-order valence-corrected chi connectivity index (χ0v) is 12.9. The molecule has 0 unspecified atom stereocenters. The van der Waals surface area contributed by atoms with Crippen LogP contribution < -0.4 is 10.6 Å². The van der Waals surface area contributed by atoms with E-state index in [4.69, 9.17) is 0 Å². The molecule has 0 bridgehead atoms. The molecule has 4 nitrogen and oxygen atoms in total. The van der Waals surface area contributed by atoms with Crippen LogP contribution in [0.4, 0.5) is 14.5 Å². The number of anilines is 1. The predicted octanol–water partition coefficient (Wildman–Crippen LogP) is 2.22. The first-order valence-electron chi connectivity index (χ1n) is 7.76. The highest BCUT2D eigenvalue weighted by molar-refractivity contribution is 5.92. The summed E-state index contributed by atoms with van der Waals surface area (Å²) in [7, 11) is 0. The molecule has 2 N–H and O–H groups in total. The van der Waals surface area contributed by atoms with E-state index in [0.29, 0.717) is 5.92 Å². The molecule has 122 valence electrons. The second-order valence-electron chi connectivity index (χ2n) is 5.70. The molecule has 2 rings (SSSR count). The van der Waals surface area contributed by atoms with Gasteiger partial charge in [-0.25, -0.2) is 8.78 Å². The molecule has 1 aliphatic rings. The van der Waals surface area contributed by atoms with Crippen LogP contribution in [0.25, 0.3) is 0 Å². The molecular weight excluding hydrogens is 288 g/mol. The number of carbonyl (C=O) groups is 1. The number of halogens is 2. The topological polar surface area (TPSA) is 44.4 Å². The Morgan fingerprint density at radius 2 is 2.05 bits per heavy atom. The molecule has 1 heterocycles. The van der Waals surface area contributed by atoms with Gasteiger partial charge in [-0.2, -0.15) is 0 Å². The van der Waals surface area contributed by atoms with E-state index >= 15 is 0 Å². The van der Waals surface area contributed by atoms with E-state index in [1.165, 1.54) is 0 Å². The number of nitrogens with zero attached hydrogens (tertiary/aromatic N) is 1. The van der Waals surface area contributed by atoms with Crippen LogP contribution in [-0.2, 0) is 4.79 Å². The summed E-state index contributed by atoms with van der Waals surface area (Å²) >= 11 is 0. The Hall–Kier alpha value is -1.53. The largest absolute Gasteiger partial charge is 0.322 e. The zero-order valence-electron chi connectivity index (χ0n) is 12.9. The van der Waals surface area contributed by atoms with Gasteiger partial charge in [0.05, 0.1) is 12.2 Å². The van der Waals surface area contributed by atoms with E-state index in [-0.39, 0.29) is 18.1 Å². The average molecular weight is 311 g/mol. The van der Waals surface area contributed by atoms with Gasteiger partial charge in [-0.3, -0.25) is 9.69 Å². The molecule has 1 amide bonds. The summed E-state index contributed by atoms with van der Waals surface area (Å²) in [6.45, 7) is 6.01. The molecule has 1 fully saturated rings. The molecule has 1 aliphatic heterocycles. The van der Waals surface area contributed by atoms with E-state index in [2.05, 4.69) is 22.5 Å². The lowest BCUT2D eigenvalue weighted by Crippen LogP contribution is -2.41. The number of hydrogen-bond donors (Lipinski definition) is 2. The lowest BCUT2D eigenvalue weighted by Gasteiger charge is -2.31. The molecule has 6 heteroatoms. The molecule has 1 aromatic rings. The van der Waals surface area contributed by atoms with Crippen LogP contribution >= 0.6 is 0 Å². The monoisotopic (exact) mass is 311 g/mol. The van der Waals surface area contributed by atoms with E-state index in [1.807, 2.05) is 0 Å². The van der Waals surface area contributed by atoms with Crippen LogP contribution in [0.1, 0.15) is 19.8 Å². The summed E-state index contributed by atoms with van der Waals surface area (Å²) in [6, 6.07) is 3.03. The summed E-state index contributed by atoms with van der Waals surface area (Å²) in [6.07, 6.45) is 2.10. The summed E-state index contributed by atoms with van der Waals surface area (Å²) < 4.78 is 26.5. The van der Waals surface area contributed by atoms with Crippen LogP contribution in [0.2, 0.25) is 0 Å². The fraction of sp³-hybridized carbons (Fsp3) is 0.562. The van der Waals surface area contributed by atoms with E-state index in [0.717, 1.165) is 57.2 Å². The second-order valence-corrected chi connectivity index (χ2v) is 5.70. The maximum absolute atomic E-state index is 13.5. The van der Waals surface area contributed by atoms with Crippen molar-refractivity contribution in [1.82, 2.24) is 10.2 Å². The van der Waals surface area contributed by atoms with Gasteiger partial charge in [0.15, 0.2) is 0 Å². The van der Waals surface area contributed by atoms with Crippen LogP contribution in [0, 0.1) is 17.6 Å². The fourth-order valence-electron chi connectivity index (χ4n) is 2.68. The minimum atomic E-state index is -0.626. The third-order valence-electron chi connectivity index (χ3n) is 3.96. The Labute approximate surface area is 129 Å². The summed E-state index contributed by atoms with van der Waals surface area (Å²) in [5.41, 5.74) is -0.105. The van der Waals surface area contributed by atoms with Gasteiger partial charge in [0.25, 0.3) is 0 Å². The first-order chi connectivity index (χ1) is 10.6. The van der Waals surface area contributed by atoms with Crippen molar-refractivity contribution >= 4 is 11.6 Å². The lowest BCUT2D eigenvalue weighted by atomic mass is 9.97. The van der Waals surface area contributed by atoms with Gasteiger partial charge in [0, 0.05) is 6.07 Å². The summed E-state index contributed by atoms with van der Waals surface area (Å²) in [5, 5.41) is 5.78. The minimum absolute atomic E-state index is 0.105. The molecular formula is C16H23F2N3O. The molecule has 0 radical (unpaired) electrons. The van der Waals surface area contributed by atoms with E-state index in [9.17, 15) is 13.6 Å². The van der Waals surface area contributed by atoms with Gasteiger partial charge >= 0.3 is 0 Å². The molecule has 0 spiro atoms. The molecule has 0 aromatic heterocycles. The van der Waals surface area contributed by atoms with Crippen LogP contribution in [0.15, 0.2) is 18.2 Å². The number of carbonyl (C=O) groups excluding carboxylic acids is 1. The van der Waals surface area contributed by atoms with Gasteiger partial charge in [-0.1, -0.05) is 6.92 Å². The Kier molecular flexibility index (Phi) is 6.27. The molecule has 0 aliphatic carbocycles. The highest BCUT2D eigenvalue weighted by Gasteiger charge is 2.20. The molecule has 1 aromatic carbocycles. The third-order valence-corrected chi connectivity index (χ3v) is 3.96. The van der Waals surface area contributed by atoms with E-state index in [1.54, 1.807) is 0 Å². The maximum atomic E-state index is 13.5. The van der Waals surface area contributed by atoms with Crippen molar-refractivity contribution in [2.45, 2.75) is 19.8 Å². The van der Waals surface area contributed by atoms with Crippen molar-refractivity contribution in [2.75, 3.05) is 38.0 Å². The van der Waals surface area contributed by atoms with Crippen molar-refractivity contribution in [1.29, 1.82) is 0 Å². The number of hydrogen-bond acceptors (Lipinski definition) is 3. The molecule has 22 heavy (non-hydrogen) atoms. The van der Waals surface area contributed by atoms with Crippen LogP contribution in [-0.4, -0.2) is 43.5 Å². The zero-order chi connectivity index (χ0) is 15.9. The van der Waals surface area contributed by atoms with Crippen molar-refractivity contribution < 1.29 is 13.6 Å². The number of likely N-dealkylation sites (tertiary alicyclic amines) is 1. The Bertz CT molecular complexity index is 502. The first kappa shape index (κ1) is 16.8. The first-order valence-corrected chi connectivity index (χ1v) is 7.76. The molecule has 0 saturated carbocycles. The highest BCUT2D eigenvalue weighted by atomic mass is 19.1. The van der Waals surface area contributed by atoms with Gasteiger partial charge in [0.2, 0.25) is 5.91 Å². The fourth-order valence-corrected chi connectivity index (χ4v) is 2.68. The van der Waals surface area contributed by atoms with Crippen LogP contribution in [0.5, 0.6) is 0 Å². The summed E-state index contributed by atoms with van der Waals surface area (Å²) in [4.78, 5) is 14.0. The highest BCUT2D eigenvalue weighted by Crippen LogP contribution is 2.17. The van der Waals surface area contributed by atoms with Crippen molar-refractivity contribution in [2.24, 2.45) is 5.92 Å². The van der Waals surface area contributed by atoms with Crippen molar-refractivity contribution in [3.05, 3.63) is 29.8 Å². The van der Waals surface area contributed by atoms with E-state index < -0.39 is 11.6 Å². The Morgan fingerprint density at radius 3 is 2.73 bits per heavy atom. The standard InChI is InChI=1S/C16H23F2N3O/c1-2-19-10-12-5-7-21(8-6-12)11-16(22)20-15-9-13(17)3-4-14(15)18/h3-4,9,12,19H,2,5-8,10-11H2,1H3,(H,20,22). The SMILES string of the molecule is CCNCC1CCN(CC(=O)Nc2cc(F)ccc2F)CC1. The van der Waals surface area contributed by atoms with Gasteiger partial charge < -0.3 is 10.6 Å². The second kappa shape index (κ2) is 8.19. The minimum Gasteiger partial charge on any atom is -0.322 e. The Morgan fingerprint density at radius 1 is 1.32 bits per heavy atom. The quantitative estimate of drug-likeness (QED) is 0.847. The molecule has 1 saturated heterocycles. The number of rotatable bonds is 6. The maximum Gasteiger partial charge on any atom is 0.238 e. The predicted molar refractivity (Wildman–Crippen MR) is 82.7 cm³/mol. The van der Waals surface area contributed by atoms with Gasteiger partial charge in [-0.05, 0) is 57.1 Å². The van der Waals surface area contributed by atoms with Crippen molar-refractivity contribution in [3.63, 3.8) is 0 Å². The van der Waals surface area contributed by atoms with Crippen LogP contribution in [0.3, 0.4) is 0 Å². The number of piperidine rings is 1. The number of amides is 1. The smallest absolute Gasteiger partial charge is 0.238 e. The summed E-state index contributed by atoms with van der Waals surface area (Å²) in [5.74, 6) is -0.852. The number of benzene rings is 1. The van der Waals surface area contributed by atoms with Gasteiger partial charge in [0.1, 0.15) is 11.6 Å². The van der Waals surface area contributed by atoms with Gasteiger partial charge in [-0.15, -0.1) is 0 Å². The van der Waals surface area contributed by atoms with Crippen molar-refractivity contribution in [3.8, 4) is 0 Å². The normalized spacial score (nSPS) is 16.7. The molecule has 0 atom stereocenters. The average Bonchev–Trinajstić information content (AvgIpc) is 2.50.